The molecular weight excluding hydrogens is 217 g/mol. The molecule has 0 aliphatic heterocycles. The monoisotopic (exact) mass is 227 g/mol. The van der Waals surface area contributed by atoms with Crippen LogP contribution in [0.15, 0.2) is 42.7 Å². The standard InChI is InChI=1S/C13H10FN3/c1-17(12-4-2-11(14)3-5-12)13-9-16-7-6-10(13)8-15/h2-7,9H,1H3. The highest BCUT2D eigenvalue weighted by atomic mass is 19.1. The molecule has 0 N–H and O–H groups in total. The quantitative estimate of drug-likeness (QED) is 0.792. The molecule has 1 aromatic carbocycles. The summed E-state index contributed by atoms with van der Waals surface area (Å²) in [5.74, 6) is -0.283. The van der Waals surface area contributed by atoms with Crippen LogP contribution in [0.1, 0.15) is 5.56 Å². The highest BCUT2D eigenvalue weighted by Gasteiger charge is 2.08. The van der Waals surface area contributed by atoms with E-state index in [1.165, 1.54) is 12.1 Å². The molecule has 0 bridgehead atoms. The van der Waals surface area contributed by atoms with Gasteiger partial charge in [-0.25, -0.2) is 4.39 Å². The molecule has 0 radical (unpaired) electrons. The zero-order valence-electron chi connectivity index (χ0n) is 9.26. The van der Waals surface area contributed by atoms with Crippen molar-refractivity contribution in [3.63, 3.8) is 0 Å². The average Bonchev–Trinajstić information content (AvgIpc) is 2.39. The van der Waals surface area contributed by atoms with Crippen molar-refractivity contribution in [2.75, 3.05) is 11.9 Å². The van der Waals surface area contributed by atoms with Gasteiger partial charge in [-0.15, -0.1) is 0 Å². The summed E-state index contributed by atoms with van der Waals surface area (Å²) in [5.41, 5.74) is 2.03. The summed E-state index contributed by atoms with van der Waals surface area (Å²) in [4.78, 5) is 5.79. The molecule has 0 aliphatic rings. The van der Waals surface area contributed by atoms with E-state index in [1.54, 1.807) is 35.5 Å². The van der Waals surface area contributed by atoms with E-state index in [9.17, 15) is 4.39 Å². The van der Waals surface area contributed by atoms with E-state index in [1.807, 2.05) is 7.05 Å². The number of hydrogen-bond acceptors (Lipinski definition) is 3. The molecule has 0 atom stereocenters. The van der Waals surface area contributed by atoms with Crippen molar-refractivity contribution in [3.8, 4) is 6.07 Å². The fourth-order valence-electron chi connectivity index (χ4n) is 1.55. The SMILES string of the molecule is CN(c1ccc(F)cc1)c1cnccc1C#N. The van der Waals surface area contributed by atoms with Gasteiger partial charge in [0.15, 0.2) is 0 Å². The van der Waals surface area contributed by atoms with Crippen molar-refractivity contribution >= 4 is 11.4 Å². The Morgan fingerprint density at radius 1 is 1.24 bits per heavy atom. The summed E-state index contributed by atoms with van der Waals surface area (Å²) < 4.78 is 12.8. The van der Waals surface area contributed by atoms with Crippen LogP contribution in [0.25, 0.3) is 0 Å². The normalized spacial score (nSPS) is 9.71. The smallest absolute Gasteiger partial charge is 0.123 e. The average molecular weight is 227 g/mol. The zero-order valence-corrected chi connectivity index (χ0v) is 9.26. The molecule has 0 spiro atoms. The van der Waals surface area contributed by atoms with Crippen LogP contribution in [0.5, 0.6) is 0 Å². The van der Waals surface area contributed by atoms with Crippen LogP contribution in [-0.4, -0.2) is 12.0 Å². The van der Waals surface area contributed by atoms with Gasteiger partial charge < -0.3 is 4.90 Å². The van der Waals surface area contributed by atoms with E-state index in [4.69, 9.17) is 5.26 Å². The molecule has 1 heterocycles. The number of anilines is 2. The lowest BCUT2D eigenvalue weighted by Crippen LogP contribution is -2.11. The van der Waals surface area contributed by atoms with Crippen molar-refractivity contribution < 1.29 is 4.39 Å². The summed E-state index contributed by atoms with van der Waals surface area (Å²) in [5, 5.41) is 8.99. The van der Waals surface area contributed by atoms with Crippen molar-refractivity contribution in [1.29, 1.82) is 5.26 Å². The maximum atomic E-state index is 12.8. The lowest BCUT2D eigenvalue weighted by molar-refractivity contribution is 0.628. The molecule has 3 nitrogen and oxygen atoms in total. The van der Waals surface area contributed by atoms with Gasteiger partial charge in [-0.2, -0.15) is 5.26 Å². The molecule has 0 aliphatic carbocycles. The predicted molar refractivity (Wildman–Crippen MR) is 63.4 cm³/mol. The molecule has 0 fully saturated rings. The van der Waals surface area contributed by atoms with Crippen LogP contribution >= 0.6 is 0 Å². The predicted octanol–water partition coefficient (Wildman–Crippen LogP) is 2.86. The summed E-state index contributed by atoms with van der Waals surface area (Å²) in [6.45, 7) is 0. The van der Waals surface area contributed by atoms with Crippen LogP contribution in [0, 0.1) is 17.1 Å². The molecule has 0 saturated heterocycles. The molecule has 1 aromatic heterocycles. The molecule has 0 unspecified atom stereocenters. The van der Waals surface area contributed by atoms with E-state index in [-0.39, 0.29) is 5.82 Å². The van der Waals surface area contributed by atoms with Gasteiger partial charge in [0.1, 0.15) is 11.9 Å². The number of hydrogen-bond donors (Lipinski definition) is 0. The third-order valence-corrected chi connectivity index (χ3v) is 2.50. The van der Waals surface area contributed by atoms with Gasteiger partial charge in [-0.05, 0) is 30.3 Å². The fourth-order valence-corrected chi connectivity index (χ4v) is 1.55. The van der Waals surface area contributed by atoms with Crippen LogP contribution in [0.3, 0.4) is 0 Å². The number of pyridine rings is 1. The number of rotatable bonds is 2. The van der Waals surface area contributed by atoms with E-state index in [0.29, 0.717) is 11.3 Å². The Kier molecular flexibility index (Phi) is 3.01. The molecule has 2 aromatic rings. The Balaban J connectivity index is 2.40. The second kappa shape index (κ2) is 4.62. The number of benzene rings is 1. The van der Waals surface area contributed by atoms with Gasteiger partial charge in [-0.1, -0.05) is 0 Å². The summed E-state index contributed by atoms with van der Waals surface area (Å²) in [6, 6.07) is 9.83. The molecule has 4 heteroatoms. The first-order valence-corrected chi connectivity index (χ1v) is 5.06. The van der Waals surface area contributed by atoms with Crippen LogP contribution in [0.4, 0.5) is 15.8 Å². The lowest BCUT2D eigenvalue weighted by atomic mass is 10.2. The highest BCUT2D eigenvalue weighted by Crippen LogP contribution is 2.25. The van der Waals surface area contributed by atoms with Gasteiger partial charge in [-0.3, -0.25) is 4.98 Å². The third kappa shape index (κ3) is 2.23. The van der Waals surface area contributed by atoms with Gasteiger partial charge >= 0.3 is 0 Å². The second-order valence-electron chi connectivity index (χ2n) is 3.54. The zero-order chi connectivity index (χ0) is 12.3. The van der Waals surface area contributed by atoms with Crippen molar-refractivity contribution in [2.24, 2.45) is 0 Å². The largest absolute Gasteiger partial charge is 0.342 e. The maximum Gasteiger partial charge on any atom is 0.123 e. The first-order valence-electron chi connectivity index (χ1n) is 5.06. The number of nitrogens with zero attached hydrogens (tertiary/aromatic N) is 3. The van der Waals surface area contributed by atoms with Crippen molar-refractivity contribution in [3.05, 3.63) is 54.1 Å². The number of aromatic nitrogens is 1. The highest BCUT2D eigenvalue weighted by molar-refractivity contribution is 5.67. The minimum Gasteiger partial charge on any atom is -0.342 e. The maximum absolute atomic E-state index is 12.8. The van der Waals surface area contributed by atoms with Crippen LogP contribution in [0.2, 0.25) is 0 Å². The first kappa shape index (κ1) is 11.1. The van der Waals surface area contributed by atoms with Gasteiger partial charge in [0.25, 0.3) is 0 Å². The fraction of sp³-hybridized carbons (Fsp3) is 0.0769. The Morgan fingerprint density at radius 3 is 2.59 bits per heavy atom. The topological polar surface area (TPSA) is 39.9 Å². The Hall–Kier alpha value is -2.41. The Morgan fingerprint density at radius 2 is 1.94 bits per heavy atom. The van der Waals surface area contributed by atoms with E-state index >= 15 is 0 Å². The summed E-state index contributed by atoms with van der Waals surface area (Å²) in [7, 11) is 1.81. The first-order chi connectivity index (χ1) is 8.22. The van der Waals surface area contributed by atoms with Gasteiger partial charge in [0, 0.05) is 18.9 Å². The number of nitriles is 1. The summed E-state index contributed by atoms with van der Waals surface area (Å²) in [6.07, 6.45) is 3.18. The molecule has 17 heavy (non-hydrogen) atoms. The van der Waals surface area contributed by atoms with Crippen LogP contribution in [-0.2, 0) is 0 Å². The van der Waals surface area contributed by atoms with E-state index in [0.717, 1.165) is 5.69 Å². The summed E-state index contributed by atoms with van der Waals surface area (Å²) >= 11 is 0. The van der Waals surface area contributed by atoms with Crippen molar-refractivity contribution in [2.45, 2.75) is 0 Å². The van der Waals surface area contributed by atoms with Crippen LogP contribution < -0.4 is 4.90 Å². The Labute approximate surface area is 98.8 Å². The Bertz CT molecular complexity index is 558. The van der Waals surface area contributed by atoms with E-state index < -0.39 is 0 Å². The molecular formula is C13H10FN3. The molecule has 2 rings (SSSR count). The van der Waals surface area contributed by atoms with Gasteiger partial charge in [0.05, 0.1) is 17.4 Å². The molecule has 84 valence electrons. The lowest BCUT2D eigenvalue weighted by Gasteiger charge is -2.19. The van der Waals surface area contributed by atoms with Gasteiger partial charge in [0.2, 0.25) is 0 Å². The molecule has 0 saturated carbocycles. The minimum absolute atomic E-state index is 0.283. The molecule has 0 amide bonds. The number of halogens is 1. The third-order valence-electron chi connectivity index (χ3n) is 2.50. The van der Waals surface area contributed by atoms with E-state index in [2.05, 4.69) is 11.1 Å². The van der Waals surface area contributed by atoms with Crippen molar-refractivity contribution in [1.82, 2.24) is 4.98 Å². The minimum atomic E-state index is -0.283. The second-order valence-corrected chi connectivity index (χ2v) is 3.54.